The first kappa shape index (κ1) is 14.6. The molecule has 0 radical (unpaired) electrons. The van der Waals surface area contributed by atoms with Crippen LogP contribution in [-0.4, -0.2) is 21.5 Å². The van der Waals surface area contributed by atoms with Crippen molar-refractivity contribution in [1.82, 2.24) is 0 Å². The third kappa shape index (κ3) is 2.00. The number of fused-ring (bicyclic) bond motifs is 1. The third-order valence-electron chi connectivity index (χ3n) is 5.01. The highest BCUT2D eigenvalue weighted by molar-refractivity contribution is 6.16. The van der Waals surface area contributed by atoms with E-state index in [0.717, 1.165) is 11.3 Å². The number of benzene rings is 2. The van der Waals surface area contributed by atoms with Crippen molar-refractivity contribution in [2.75, 3.05) is 0 Å². The van der Waals surface area contributed by atoms with Crippen molar-refractivity contribution >= 4 is 5.71 Å². The molecule has 22 heavy (non-hydrogen) atoms. The maximum Gasteiger partial charge on any atom is 0.125 e. The molecule has 1 aliphatic heterocycles. The molecule has 0 fully saturated rings. The molecule has 2 N–H and O–H groups in total. The van der Waals surface area contributed by atoms with E-state index in [0.29, 0.717) is 5.56 Å². The van der Waals surface area contributed by atoms with Crippen LogP contribution in [0.2, 0.25) is 0 Å². The molecule has 3 rings (SSSR count). The molecule has 0 aromatic heterocycles. The van der Waals surface area contributed by atoms with Crippen LogP contribution in [0, 0.1) is 0 Å². The van der Waals surface area contributed by atoms with Crippen LogP contribution >= 0.6 is 0 Å². The normalized spacial score (nSPS) is 18.5. The Morgan fingerprint density at radius 2 is 1.55 bits per heavy atom. The van der Waals surface area contributed by atoms with Gasteiger partial charge in [0, 0.05) is 16.5 Å². The standard InChI is InChI=1S/C19H21NO2/c1-18(2)15-8-6-5-7-13(15)17(20-19(18,3)4)14-11-12(21)9-10-16(14)22/h5-11,21-22H,1-4H3. The van der Waals surface area contributed by atoms with Crippen LogP contribution in [0.15, 0.2) is 47.5 Å². The Balaban J connectivity index is 2.32. The van der Waals surface area contributed by atoms with Gasteiger partial charge < -0.3 is 10.2 Å². The fraction of sp³-hybridized carbons (Fsp3) is 0.316. The van der Waals surface area contributed by atoms with Crippen LogP contribution in [0.25, 0.3) is 0 Å². The van der Waals surface area contributed by atoms with E-state index in [4.69, 9.17) is 4.99 Å². The molecular weight excluding hydrogens is 274 g/mol. The summed E-state index contributed by atoms with van der Waals surface area (Å²) < 4.78 is 0. The molecule has 1 heterocycles. The van der Waals surface area contributed by atoms with Gasteiger partial charge in [0.15, 0.2) is 0 Å². The lowest BCUT2D eigenvalue weighted by Crippen LogP contribution is -2.46. The van der Waals surface area contributed by atoms with Crippen LogP contribution in [0.4, 0.5) is 0 Å². The molecule has 0 saturated heterocycles. The van der Waals surface area contributed by atoms with E-state index in [1.165, 1.54) is 17.7 Å². The van der Waals surface area contributed by atoms with Crippen LogP contribution in [-0.2, 0) is 5.41 Å². The van der Waals surface area contributed by atoms with E-state index in [1.54, 1.807) is 6.07 Å². The first-order valence-electron chi connectivity index (χ1n) is 7.46. The third-order valence-corrected chi connectivity index (χ3v) is 5.01. The highest BCUT2D eigenvalue weighted by atomic mass is 16.3. The Morgan fingerprint density at radius 1 is 0.864 bits per heavy atom. The molecule has 0 bridgehead atoms. The van der Waals surface area contributed by atoms with Gasteiger partial charge in [-0.25, -0.2) is 0 Å². The average molecular weight is 295 g/mol. The Bertz CT molecular complexity index is 773. The molecule has 0 spiro atoms. The zero-order chi connectivity index (χ0) is 16.1. The van der Waals surface area contributed by atoms with Gasteiger partial charge in [-0.1, -0.05) is 38.1 Å². The largest absolute Gasteiger partial charge is 0.508 e. The summed E-state index contributed by atoms with van der Waals surface area (Å²) >= 11 is 0. The fourth-order valence-electron chi connectivity index (χ4n) is 2.96. The number of hydrogen-bond donors (Lipinski definition) is 2. The molecule has 2 aromatic carbocycles. The second kappa shape index (κ2) is 4.60. The van der Waals surface area contributed by atoms with Gasteiger partial charge in [-0.2, -0.15) is 0 Å². The van der Waals surface area contributed by atoms with Crippen molar-refractivity contribution < 1.29 is 10.2 Å². The van der Waals surface area contributed by atoms with Crippen LogP contribution in [0.1, 0.15) is 44.4 Å². The summed E-state index contributed by atoms with van der Waals surface area (Å²) in [6, 6.07) is 12.7. The van der Waals surface area contributed by atoms with Crippen molar-refractivity contribution in [3.8, 4) is 11.5 Å². The SMILES string of the molecule is CC1(C)N=C(c2cc(O)ccc2O)c2ccccc2C1(C)C. The molecule has 0 atom stereocenters. The summed E-state index contributed by atoms with van der Waals surface area (Å²) in [6.45, 7) is 8.58. The zero-order valence-electron chi connectivity index (χ0n) is 13.4. The fourth-order valence-corrected chi connectivity index (χ4v) is 2.96. The van der Waals surface area contributed by atoms with Gasteiger partial charge in [0.25, 0.3) is 0 Å². The maximum atomic E-state index is 10.2. The number of nitrogens with zero attached hydrogens (tertiary/aromatic N) is 1. The van der Waals surface area contributed by atoms with E-state index >= 15 is 0 Å². The van der Waals surface area contributed by atoms with E-state index in [2.05, 4.69) is 33.8 Å². The molecule has 1 aliphatic rings. The lowest BCUT2D eigenvalue weighted by Gasteiger charge is -2.44. The number of phenolic OH excluding ortho intramolecular Hbond substituents is 2. The molecule has 0 amide bonds. The van der Waals surface area contributed by atoms with Gasteiger partial charge >= 0.3 is 0 Å². The Hall–Kier alpha value is -2.29. The first-order chi connectivity index (χ1) is 10.2. The molecule has 2 aromatic rings. The van der Waals surface area contributed by atoms with Gasteiger partial charge in [-0.3, -0.25) is 4.99 Å². The van der Waals surface area contributed by atoms with Crippen LogP contribution < -0.4 is 0 Å². The number of rotatable bonds is 1. The van der Waals surface area contributed by atoms with Gasteiger partial charge in [0.05, 0.1) is 11.3 Å². The maximum absolute atomic E-state index is 10.2. The highest BCUT2D eigenvalue weighted by Gasteiger charge is 2.43. The predicted molar refractivity (Wildman–Crippen MR) is 89.0 cm³/mol. The first-order valence-corrected chi connectivity index (χ1v) is 7.46. The summed E-state index contributed by atoms with van der Waals surface area (Å²) in [5.74, 6) is 0.248. The van der Waals surface area contributed by atoms with Gasteiger partial charge in [-0.05, 0) is 37.6 Å². The molecule has 3 nitrogen and oxygen atoms in total. The summed E-state index contributed by atoms with van der Waals surface area (Å²) in [6.07, 6.45) is 0. The zero-order valence-corrected chi connectivity index (χ0v) is 13.4. The molecule has 0 aliphatic carbocycles. The summed E-state index contributed by atoms with van der Waals surface area (Å²) in [4.78, 5) is 4.93. The molecule has 3 heteroatoms. The Labute approximate surface area is 131 Å². The summed E-state index contributed by atoms with van der Waals surface area (Å²) in [7, 11) is 0. The molecule has 114 valence electrons. The van der Waals surface area contributed by atoms with E-state index in [1.807, 2.05) is 18.2 Å². The highest BCUT2D eigenvalue weighted by Crippen LogP contribution is 2.44. The quantitative estimate of drug-likeness (QED) is 0.781. The second-order valence-corrected chi connectivity index (χ2v) is 6.89. The molecule has 0 unspecified atom stereocenters. The lowest BCUT2D eigenvalue weighted by atomic mass is 9.65. The lowest BCUT2D eigenvalue weighted by molar-refractivity contribution is 0.303. The number of aromatic hydroxyl groups is 2. The minimum absolute atomic E-state index is 0.121. The number of phenols is 2. The van der Waals surface area contributed by atoms with Crippen molar-refractivity contribution in [1.29, 1.82) is 0 Å². The van der Waals surface area contributed by atoms with Crippen molar-refractivity contribution in [3.63, 3.8) is 0 Å². The van der Waals surface area contributed by atoms with Crippen molar-refractivity contribution in [2.24, 2.45) is 4.99 Å². The van der Waals surface area contributed by atoms with Crippen molar-refractivity contribution in [2.45, 2.75) is 38.6 Å². The van der Waals surface area contributed by atoms with Gasteiger partial charge in [-0.15, -0.1) is 0 Å². The molecule has 0 saturated carbocycles. The van der Waals surface area contributed by atoms with E-state index in [-0.39, 0.29) is 22.5 Å². The van der Waals surface area contributed by atoms with Gasteiger partial charge in [0.2, 0.25) is 0 Å². The second-order valence-electron chi connectivity index (χ2n) is 6.89. The van der Waals surface area contributed by atoms with Gasteiger partial charge in [0.1, 0.15) is 11.5 Å². The average Bonchev–Trinajstić information content (AvgIpc) is 2.46. The smallest absolute Gasteiger partial charge is 0.125 e. The van der Waals surface area contributed by atoms with Crippen LogP contribution in [0.3, 0.4) is 0 Å². The minimum atomic E-state index is -0.325. The summed E-state index contributed by atoms with van der Waals surface area (Å²) in [5.41, 5.74) is 3.05. The van der Waals surface area contributed by atoms with E-state index < -0.39 is 0 Å². The number of aliphatic imine (C=N–C) groups is 1. The topological polar surface area (TPSA) is 52.8 Å². The monoisotopic (exact) mass is 295 g/mol. The molecular formula is C19H21NO2. The van der Waals surface area contributed by atoms with E-state index in [9.17, 15) is 10.2 Å². The Morgan fingerprint density at radius 3 is 2.27 bits per heavy atom. The Kier molecular flexibility index (Phi) is 3.06. The predicted octanol–water partition coefficient (Wildman–Crippen LogP) is 4.01. The summed E-state index contributed by atoms with van der Waals surface area (Å²) in [5, 5.41) is 20.0. The minimum Gasteiger partial charge on any atom is -0.508 e. The van der Waals surface area contributed by atoms with Crippen molar-refractivity contribution in [3.05, 3.63) is 59.2 Å². The number of hydrogen-bond acceptors (Lipinski definition) is 3. The van der Waals surface area contributed by atoms with Crippen LogP contribution in [0.5, 0.6) is 11.5 Å².